The molecule has 1 N–H and O–H groups in total. The van der Waals surface area contributed by atoms with Crippen molar-refractivity contribution >= 4 is 23.2 Å². The maximum absolute atomic E-state index is 5.94. The Morgan fingerprint density at radius 1 is 1.31 bits per heavy atom. The van der Waals surface area contributed by atoms with Gasteiger partial charge >= 0.3 is 0 Å². The molecule has 0 saturated carbocycles. The molecule has 1 aliphatic heterocycles. The summed E-state index contributed by atoms with van der Waals surface area (Å²) in [6.07, 6.45) is 2.72. The second kappa shape index (κ2) is 5.87. The number of benzene rings is 1. The van der Waals surface area contributed by atoms with Gasteiger partial charge in [-0.1, -0.05) is 29.3 Å². The maximum atomic E-state index is 5.94. The van der Waals surface area contributed by atoms with Gasteiger partial charge in [0.15, 0.2) is 0 Å². The van der Waals surface area contributed by atoms with Crippen molar-refractivity contribution in [2.75, 3.05) is 13.2 Å². The van der Waals surface area contributed by atoms with E-state index in [-0.39, 0.29) is 0 Å². The van der Waals surface area contributed by atoms with Gasteiger partial charge in [0.1, 0.15) is 0 Å². The summed E-state index contributed by atoms with van der Waals surface area (Å²) in [5.41, 5.74) is 1.15. The van der Waals surface area contributed by atoms with Crippen LogP contribution in [0.5, 0.6) is 0 Å². The highest BCUT2D eigenvalue weighted by Crippen LogP contribution is 2.22. The van der Waals surface area contributed by atoms with Crippen LogP contribution in [0, 0.1) is 0 Å². The zero-order valence-corrected chi connectivity index (χ0v) is 10.5. The van der Waals surface area contributed by atoms with Gasteiger partial charge in [0.25, 0.3) is 0 Å². The van der Waals surface area contributed by atoms with E-state index in [9.17, 15) is 0 Å². The molecule has 16 heavy (non-hydrogen) atoms. The van der Waals surface area contributed by atoms with Gasteiger partial charge in [-0.3, -0.25) is 0 Å². The van der Waals surface area contributed by atoms with E-state index in [1.165, 1.54) is 6.42 Å². The van der Waals surface area contributed by atoms with Crippen LogP contribution in [0.25, 0.3) is 0 Å². The monoisotopic (exact) mass is 259 g/mol. The number of hydrogen-bond donors (Lipinski definition) is 1. The molecule has 1 aliphatic rings. The second-order valence-corrected chi connectivity index (χ2v) is 4.83. The van der Waals surface area contributed by atoms with Crippen molar-refractivity contribution in [3.8, 4) is 0 Å². The Labute approximate surface area is 106 Å². The Kier molecular flexibility index (Phi) is 4.47. The van der Waals surface area contributed by atoms with Gasteiger partial charge in [-0.05, 0) is 30.5 Å². The van der Waals surface area contributed by atoms with Gasteiger partial charge in [0.05, 0.1) is 16.1 Å². The predicted octanol–water partition coefficient (Wildman–Crippen LogP) is 3.26. The number of hydrogen-bond acceptors (Lipinski definition) is 2. The first-order valence-electron chi connectivity index (χ1n) is 5.52. The summed E-state index contributed by atoms with van der Waals surface area (Å²) in [5, 5.41) is 4.57. The van der Waals surface area contributed by atoms with Gasteiger partial charge in [-0.2, -0.15) is 0 Å². The highest BCUT2D eigenvalue weighted by Gasteiger charge is 2.14. The summed E-state index contributed by atoms with van der Waals surface area (Å²) >= 11 is 11.8. The molecule has 1 fully saturated rings. The fourth-order valence-electron chi connectivity index (χ4n) is 1.83. The van der Waals surface area contributed by atoms with E-state index in [2.05, 4.69) is 5.32 Å². The lowest BCUT2D eigenvalue weighted by molar-refractivity contribution is 0.110. The number of ether oxygens (including phenoxy) is 1. The Morgan fingerprint density at radius 3 is 2.88 bits per heavy atom. The van der Waals surface area contributed by atoms with Crippen molar-refractivity contribution in [1.29, 1.82) is 0 Å². The van der Waals surface area contributed by atoms with Gasteiger partial charge < -0.3 is 10.1 Å². The maximum Gasteiger partial charge on any atom is 0.0700 e. The van der Waals surface area contributed by atoms with E-state index in [1.54, 1.807) is 0 Å². The lowest BCUT2D eigenvalue weighted by Gasteiger charge is -2.10. The minimum Gasteiger partial charge on any atom is -0.377 e. The first kappa shape index (κ1) is 12.2. The van der Waals surface area contributed by atoms with Crippen molar-refractivity contribution in [3.63, 3.8) is 0 Å². The lowest BCUT2D eigenvalue weighted by atomic mass is 10.2. The topological polar surface area (TPSA) is 21.3 Å². The van der Waals surface area contributed by atoms with Crippen molar-refractivity contribution in [2.24, 2.45) is 0 Å². The smallest absolute Gasteiger partial charge is 0.0700 e. The molecule has 1 atom stereocenters. The molecule has 0 aliphatic carbocycles. The van der Waals surface area contributed by atoms with Crippen molar-refractivity contribution in [3.05, 3.63) is 33.8 Å². The third-order valence-electron chi connectivity index (χ3n) is 2.71. The highest BCUT2D eigenvalue weighted by molar-refractivity contribution is 6.42. The van der Waals surface area contributed by atoms with Crippen LogP contribution in [-0.2, 0) is 11.3 Å². The first-order chi connectivity index (χ1) is 7.75. The molecular formula is C12H15Cl2NO. The summed E-state index contributed by atoms with van der Waals surface area (Å²) in [7, 11) is 0. The molecule has 1 aromatic carbocycles. The minimum atomic E-state index is 0.378. The molecule has 0 spiro atoms. The zero-order chi connectivity index (χ0) is 11.4. The van der Waals surface area contributed by atoms with E-state index < -0.39 is 0 Å². The third-order valence-corrected chi connectivity index (χ3v) is 3.45. The van der Waals surface area contributed by atoms with E-state index in [4.69, 9.17) is 27.9 Å². The molecule has 88 valence electrons. The molecule has 0 radical (unpaired) electrons. The van der Waals surface area contributed by atoms with Crippen molar-refractivity contribution in [1.82, 2.24) is 5.32 Å². The van der Waals surface area contributed by atoms with Crippen molar-refractivity contribution in [2.45, 2.75) is 25.5 Å². The summed E-state index contributed by atoms with van der Waals surface area (Å²) in [5.74, 6) is 0. The van der Waals surface area contributed by atoms with E-state index in [1.807, 2.05) is 18.2 Å². The standard InChI is InChI=1S/C12H15Cl2NO/c13-11-4-3-9(6-12(11)14)7-15-8-10-2-1-5-16-10/h3-4,6,10,15H,1-2,5,7-8H2/t10-/m0/s1. The number of rotatable bonds is 4. The molecule has 0 aromatic heterocycles. The molecule has 4 heteroatoms. The van der Waals surface area contributed by atoms with Crippen LogP contribution in [-0.4, -0.2) is 19.3 Å². The minimum absolute atomic E-state index is 0.378. The molecular weight excluding hydrogens is 245 g/mol. The third kappa shape index (κ3) is 3.36. The van der Waals surface area contributed by atoms with Gasteiger partial charge in [0, 0.05) is 19.7 Å². The van der Waals surface area contributed by atoms with Crippen LogP contribution in [0.3, 0.4) is 0 Å². The molecule has 2 rings (SSSR count). The van der Waals surface area contributed by atoms with E-state index >= 15 is 0 Å². The highest BCUT2D eigenvalue weighted by atomic mass is 35.5. The average Bonchev–Trinajstić information content (AvgIpc) is 2.76. The van der Waals surface area contributed by atoms with Crippen LogP contribution < -0.4 is 5.32 Å². The van der Waals surface area contributed by atoms with Crippen LogP contribution in [0.1, 0.15) is 18.4 Å². The van der Waals surface area contributed by atoms with Gasteiger partial charge in [-0.25, -0.2) is 0 Å². The van der Waals surface area contributed by atoms with Gasteiger partial charge in [-0.15, -0.1) is 0 Å². The fourth-order valence-corrected chi connectivity index (χ4v) is 2.15. The molecule has 1 heterocycles. The normalized spacial score (nSPS) is 20.2. The van der Waals surface area contributed by atoms with Crippen LogP contribution in [0.2, 0.25) is 10.0 Å². The Morgan fingerprint density at radius 2 is 2.19 bits per heavy atom. The number of nitrogens with one attached hydrogen (secondary N) is 1. The summed E-state index contributed by atoms with van der Waals surface area (Å²) < 4.78 is 5.52. The summed E-state index contributed by atoms with van der Waals surface area (Å²) in [6.45, 7) is 2.61. The van der Waals surface area contributed by atoms with E-state index in [0.717, 1.165) is 31.7 Å². The summed E-state index contributed by atoms with van der Waals surface area (Å²) in [6, 6.07) is 5.70. The quantitative estimate of drug-likeness (QED) is 0.897. The Balaban J connectivity index is 1.78. The molecule has 0 bridgehead atoms. The molecule has 2 nitrogen and oxygen atoms in total. The largest absolute Gasteiger partial charge is 0.377 e. The average molecular weight is 260 g/mol. The Bertz CT molecular complexity index is 351. The van der Waals surface area contributed by atoms with Crippen LogP contribution >= 0.6 is 23.2 Å². The van der Waals surface area contributed by atoms with Crippen molar-refractivity contribution < 1.29 is 4.74 Å². The SMILES string of the molecule is Clc1ccc(CNC[C@@H]2CCCO2)cc1Cl. The number of halogens is 2. The second-order valence-electron chi connectivity index (χ2n) is 4.01. The molecule has 0 amide bonds. The van der Waals surface area contributed by atoms with Gasteiger partial charge in [0.2, 0.25) is 0 Å². The zero-order valence-electron chi connectivity index (χ0n) is 9.01. The summed E-state index contributed by atoms with van der Waals surface area (Å²) in [4.78, 5) is 0. The fraction of sp³-hybridized carbons (Fsp3) is 0.500. The van der Waals surface area contributed by atoms with E-state index in [0.29, 0.717) is 16.1 Å². The van der Waals surface area contributed by atoms with Crippen LogP contribution in [0.4, 0.5) is 0 Å². The molecule has 0 unspecified atom stereocenters. The molecule has 1 aromatic rings. The first-order valence-corrected chi connectivity index (χ1v) is 6.27. The molecule has 1 saturated heterocycles. The van der Waals surface area contributed by atoms with Crippen LogP contribution in [0.15, 0.2) is 18.2 Å². The predicted molar refractivity (Wildman–Crippen MR) is 67.1 cm³/mol. The Hall–Kier alpha value is -0.280. The lowest BCUT2D eigenvalue weighted by Crippen LogP contribution is -2.25.